The van der Waals surface area contributed by atoms with E-state index in [0.717, 1.165) is 5.56 Å². The zero-order chi connectivity index (χ0) is 14.0. The minimum atomic E-state index is -0.690. The molecule has 0 aliphatic carbocycles. The standard InChI is InChI=1S/C13H16FN3O2/c1-13(2,8-3-5-9(14)6-4-8)12-16-11(19-17-12)10(15)7-18/h3-6,10,18H,7,15H2,1-2H3/t10-/m0/s1. The summed E-state index contributed by atoms with van der Waals surface area (Å²) in [7, 11) is 0. The molecule has 0 saturated carbocycles. The number of rotatable bonds is 4. The smallest absolute Gasteiger partial charge is 0.245 e. The van der Waals surface area contributed by atoms with Gasteiger partial charge in [0.2, 0.25) is 5.89 Å². The molecule has 0 amide bonds. The Kier molecular flexibility index (Phi) is 3.64. The summed E-state index contributed by atoms with van der Waals surface area (Å²) >= 11 is 0. The quantitative estimate of drug-likeness (QED) is 0.875. The van der Waals surface area contributed by atoms with Gasteiger partial charge in [0, 0.05) is 0 Å². The van der Waals surface area contributed by atoms with Crippen LogP contribution >= 0.6 is 0 Å². The van der Waals surface area contributed by atoms with E-state index in [1.165, 1.54) is 12.1 Å². The van der Waals surface area contributed by atoms with Crippen LogP contribution < -0.4 is 5.73 Å². The summed E-state index contributed by atoms with van der Waals surface area (Å²) in [6.45, 7) is 3.54. The second-order valence-electron chi connectivity index (χ2n) is 4.88. The fraction of sp³-hybridized carbons (Fsp3) is 0.385. The molecule has 6 heteroatoms. The molecule has 0 bridgehead atoms. The molecule has 0 spiro atoms. The van der Waals surface area contributed by atoms with Gasteiger partial charge < -0.3 is 15.4 Å². The molecule has 5 nitrogen and oxygen atoms in total. The maximum Gasteiger partial charge on any atom is 0.245 e. The third kappa shape index (κ3) is 2.64. The summed E-state index contributed by atoms with van der Waals surface area (Å²) < 4.78 is 18.0. The Bertz CT molecular complexity index is 551. The number of nitrogens with two attached hydrogens (primary N) is 1. The van der Waals surface area contributed by atoms with E-state index in [-0.39, 0.29) is 18.3 Å². The molecule has 0 unspecified atom stereocenters. The highest BCUT2D eigenvalue weighted by molar-refractivity contribution is 5.30. The van der Waals surface area contributed by atoms with Crippen molar-refractivity contribution in [3.05, 3.63) is 47.4 Å². The van der Waals surface area contributed by atoms with E-state index in [0.29, 0.717) is 5.82 Å². The van der Waals surface area contributed by atoms with Crippen LogP contribution in [0.4, 0.5) is 4.39 Å². The Balaban J connectivity index is 2.33. The normalized spacial score (nSPS) is 13.5. The fourth-order valence-electron chi connectivity index (χ4n) is 1.71. The molecule has 0 aliphatic heterocycles. The largest absolute Gasteiger partial charge is 0.394 e. The van der Waals surface area contributed by atoms with Crippen LogP contribution in [0.2, 0.25) is 0 Å². The van der Waals surface area contributed by atoms with Crippen molar-refractivity contribution in [1.29, 1.82) is 0 Å². The van der Waals surface area contributed by atoms with Crippen molar-refractivity contribution in [2.24, 2.45) is 5.73 Å². The highest BCUT2D eigenvalue weighted by Crippen LogP contribution is 2.29. The molecule has 0 saturated heterocycles. The monoisotopic (exact) mass is 265 g/mol. The first-order valence-corrected chi connectivity index (χ1v) is 5.91. The van der Waals surface area contributed by atoms with Crippen molar-refractivity contribution < 1.29 is 14.0 Å². The van der Waals surface area contributed by atoms with Gasteiger partial charge in [0.15, 0.2) is 5.82 Å². The van der Waals surface area contributed by atoms with Gasteiger partial charge in [-0.05, 0) is 31.5 Å². The van der Waals surface area contributed by atoms with Gasteiger partial charge in [-0.2, -0.15) is 4.98 Å². The summed E-state index contributed by atoms with van der Waals surface area (Å²) in [6, 6.07) is 5.44. The van der Waals surface area contributed by atoms with Crippen LogP contribution in [0.5, 0.6) is 0 Å². The molecular formula is C13H16FN3O2. The first-order valence-electron chi connectivity index (χ1n) is 5.91. The summed E-state index contributed by atoms with van der Waals surface area (Å²) in [5, 5.41) is 12.8. The van der Waals surface area contributed by atoms with Gasteiger partial charge in [0.25, 0.3) is 0 Å². The number of benzene rings is 1. The van der Waals surface area contributed by atoms with Crippen molar-refractivity contribution in [1.82, 2.24) is 10.1 Å². The Hall–Kier alpha value is -1.79. The number of aromatic nitrogens is 2. The average Bonchev–Trinajstić information content (AvgIpc) is 2.88. The van der Waals surface area contributed by atoms with Gasteiger partial charge >= 0.3 is 0 Å². The molecule has 0 fully saturated rings. The van der Waals surface area contributed by atoms with Crippen molar-refractivity contribution in [2.75, 3.05) is 6.61 Å². The summed E-state index contributed by atoms with van der Waals surface area (Å²) in [5.41, 5.74) is 5.94. The molecule has 1 atom stereocenters. The predicted molar refractivity (Wildman–Crippen MR) is 66.8 cm³/mol. The number of aliphatic hydroxyl groups is 1. The number of hydrogen-bond acceptors (Lipinski definition) is 5. The van der Waals surface area contributed by atoms with Crippen molar-refractivity contribution in [2.45, 2.75) is 25.3 Å². The Morgan fingerprint density at radius 2 is 2.00 bits per heavy atom. The third-order valence-electron chi connectivity index (χ3n) is 3.08. The molecule has 1 aromatic carbocycles. The summed E-state index contributed by atoms with van der Waals surface area (Å²) in [4.78, 5) is 4.19. The fourth-order valence-corrected chi connectivity index (χ4v) is 1.71. The van der Waals surface area contributed by atoms with Gasteiger partial charge in [-0.25, -0.2) is 4.39 Å². The molecule has 0 radical (unpaired) electrons. The average molecular weight is 265 g/mol. The maximum absolute atomic E-state index is 12.9. The predicted octanol–water partition coefficient (Wildman–Crippen LogP) is 1.53. The van der Waals surface area contributed by atoms with E-state index in [9.17, 15) is 4.39 Å². The lowest BCUT2D eigenvalue weighted by molar-refractivity contribution is 0.236. The minimum Gasteiger partial charge on any atom is -0.394 e. The molecule has 102 valence electrons. The second-order valence-corrected chi connectivity index (χ2v) is 4.88. The van der Waals surface area contributed by atoms with Crippen LogP contribution in [0, 0.1) is 5.82 Å². The van der Waals surface area contributed by atoms with E-state index in [4.69, 9.17) is 15.4 Å². The molecule has 1 heterocycles. The molecule has 2 aromatic rings. The van der Waals surface area contributed by atoms with E-state index in [1.54, 1.807) is 12.1 Å². The van der Waals surface area contributed by atoms with Crippen LogP contribution in [-0.4, -0.2) is 21.9 Å². The zero-order valence-corrected chi connectivity index (χ0v) is 10.8. The number of hydrogen-bond donors (Lipinski definition) is 2. The maximum atomic E-state index is 12.9. The first-order chi connectivity index (χ1) is 8.95. The van der Waals surface area contributed by atoms with Crippen LogP contribution in [0.15, 0.2) is 28.8 Å². The van der Waals surface area contributed by atoms with Crippen LogP contribution in [-0.2, 0) is 5.41 Å². The molecular weight excluding hydrogens is 249 g/mol. The number of halogens is 1. The summed E-state index contributed by atoms with van der Waals surface area (Å²) in [5.74, 6) is 0.335. The van der Waals surface area contributed by atoms with Crippen molar-refractivity contribution >= 4 is 0 Å². The molecule has 0 aliphatic rings. The minimum absolute atomic E-state index is 0.188. The SMILES string of the molecule is CC(C)(c1ccc(F)cc1)c1noc([C@@H](N)CO)n1. The second kappa shape index (κ2) is 5.07. The lowest BCUT2D eigenvalue weighted by atomic mass is 9.84. The van der Waals surface area contributed by atoms with Gasteiger partial charge in [-0.1, -0.05) is 17.3 Å². The molecule has 19 heavy (non-hydrogen) atoms. The van der Waals surface area contributed by atoms with E-state index >= 15 is 0 Å². The highest BCUT2D eigenvalue weighted by Gasteiger charge is 2.29. The lowest BCUT2D eigenvalue weighted by Gasteiger charge is -2.20. The zero-order valence-electron chi connectivity index (χ0n) is 10.8. The van der Waals surface area contributed by atoms with E-state index in [2.05, 4.69) is 10.1 Å². The summed E-state index contributed by atoms with van der Waals surface area (Å²) in [6.07, 6.45) is 0. The Morgan fingerprint density at radius 1 is 1.37 bits per heavy atom. The molecule has 1 aromatic heterocycles. The van der Waals surface area contributed by atoms with Gasteiger partial charge in [-0.15, -0.1) is 0 Å². The third-order valence-corrected chi connectivity index (χ3v) is 3.08. The first kappa shape index (κ1) is 13.6. The van der Waals surface area contributed by atoms with Gasteiger partial charge in [-0.3, -0.25) is 0 Å². The van der Waals surface area contributed by atoms with E-state index < -0.39 is 11.5 Å². The number of aliphatic hydroxyl groups excluding tert-OH is 1. The topological polar surface area (TPSA) is 85.2 Å². The van der Waals surface area contributed by atoms with Crippen molar-refractivity contribution in [3.8, 4) is 0 Å². The van der Waals surface area contributed by atoms with Crippen molar-refractivity contribution in [3.63, 3.8) is 0 Å². The highest BCUT2D eigenvalue weighted by atomic mass is 19.1. The van der Waals surface area contributed by atoms with Gasteiger partial charge in [0.05, 0.1) is 12.0 Å². The Morgan fingerprint density at radius 3 is 2.58 bits per heavy atom. The number of nitrogens with zero attached hydrogens (tertiary/aromatic N) is 2. The van der Waals surface area contributed by atoms with Crippen LogP contribution in [0.1, 0.15) is 37.2 Å². The van der Waals surface area contributed by atoms with Crippen LogP contribution in [0.3, 0.4) is 0 Å². The molecule has 2 rings (SSSR count). The van der Waals surface area contributed by atoms with Gasteiger partial charge in [0.1, 0.15) is 11.9 Å². The van der Waals surface area contributed by atoms with E-state index in [1.807, 2.05) is 13.8 Å². The lowest BCUT2D eigenvalue weighted by Crippen LogP contribution is -2.21. The molecule has 3 N–H and O–H groups in total. The van der Waals surface area contributed by atoms with Crippen LogP contribution in [0.25, 0.3) is 0 Å². The Labute approximate surface area is 110 Å².